The van der Waals surface area contributed by atoms with Crippen LogP contribution in [-0.2, 0) is 0 Å². The third-order valence-electron chi connectivity index (χ3n) is 2.63. The number of rotatable bonds is 2. The van der Waals surface area contributed by atoms with Crippen LogP contribution in [0.2, 0.25) is 0 Å². The SMILES string of the molecule is Cc1cc(C(=O)O)nc(-c2cnc3ccsc3c2)n1. The lowest BCUT2D eigenvalue weighted by atomic mass is 10.2. The number of fused-ring (bicyclic) bond motifs is 1. The highest BCUT2D eigenvalue weighted by Crippen LogP contribution is 2.24. The Morgan fingerprint density at radius 3 is 2.95 bits per heavy atom. The van der Waals surface area contributed by atoms with E-state index < -0.39 is 5.97 Å². The Morgan fingerprint density at radius 2 is 2.16 bits per heavy atom. The van der Waals surface area contributed by atoms with Gasteiger partial charge in [0.15, 0.2) is 11.5 Å². The van der Waals surface area contributed by atoms with Crippen molar-refractivity contribution in [3.05, 3.63) is 41.2 Å². The Morgan fingerprint density at radius 1 is 1.32 bits per heavy atom. The lowest BCUT2D eigenvalue weighted by Gasteiger charge is -2.03. The second-order valence-corrected chi connectivity index (χ2v) is 5.00. The summed E-state index contributed by atoms with van der Waals surface area (Å²) in [4.78, 5) is 23.6. The fourth-order valence-corrected chi connectivity index (χ4v) is 2.56. The summed E-state index contributed by atoms with van der Waals surface area (Å²) in [5, 5.41) is 11.0. The Balaban J connectivity index is 2.17. The molecule has 0 aromatic carbocycles. The molecule has 0 saturated carbocycles. The maximum Gasteiger partial charge on any atom is 0.354 e. The minimum atomic E-state index is -1.06. The number of aryl methyl sites for hydroxylation is 1. The van der Waals surface area contributed by atoms with Crippen molar-refractivity contribution in [2.45, 2.75) is 6.92 Å². The predicted molar refractivity (Wildman–Crippen MR) is 72.3 cm³/mol. The lowest BCUT2D eigenvalue weighted by molar-refractivity contribution is 0.0690. The van der Waals surface area contributed by atoms with Gasteiger partial charge in [0.2, 0.25) is 0 Å². The average molecular weight is 271 g/mol. The van der Waals surface area contributed by atoms with Gasteiger partial charge in [-0.25, -0.2) is 14.8 Å². The normalized spacial score (nSPS) is 10.8. The molecule has 0 aliphatic carbocycles. The number of nitrogens with zero attached hydrogens (tertiary/aromatic N) is 3. The van der Waals surface area contributed by atoms with Crippen molar-refractivity contribution in [3.8, 4) is 11.4 Å². The van der Waals surface area contributed by atoms with E-state index in [1.165, 1.54) is 6.07 Å². The Bertz CT molecular complexity index is 782. The van der Waals surface area contributed by atoms with Crippen LogP contribution in [0.15, 0.2) is 29.8 Å². The second-order valence-electron chi connectivity index (χ2n) is 4.05. The van der Waals surface area contributed by atoms with Crippen molar-refractivity contribution >= 4 is 27.5 Å². The van der Waals surface area contributed by atoms with Gasteiger partial charge in [0.1, 0.15) is 0 Å². The number of carbonyl (C=O) groups is 1. The van der Waals surface area contributed by atoms with Gasteiger partial charge in [-0.1, -0.05) is 0 Å². The molecule has 0 bridgehead atoms. The van der Waals surface area contributed by atoms with Crippen molar-refractivity contribution in [1.82, 2.24) is 15.0 Å². The third-order valence-corrected chi connectivity index (χ3v) is 3.49. The number of carboxylic acid groups (broad SMARTS) is 1. The van der Waals surface area contributed by atoms with E-state index in [-0.39, 0.29) is 5.69 Å². The van der Waals surface area contributed by atoms with Gasteiger partial charge in [-0.15, -0.1) is 11.3 Å². The first-order chi connectivity index (χ1) is 9.13. The Labute approximate surface area is 112 Å². The van der Waals surface area contributed by atoms with E-state index in [4.69, 9.17) is 5.11 Å². The molecule has 94 valence electrons. The quantitative estimate of drug-likeness (QED) is 0.775. The summed E-state index contributed by atoms with van der Waals surface area (Å²) in [5.41, 5.74) is 2.25. The van der Waals surface area contributed by atoms with E-state index in [0.717, 1.165) is 15.8 Å². The molecule has 0 saturated heterocycles. The fraction of sp³-hybridized carbons (Fsp3) is 0.0769. The van der Waals surface area contributed by atoms with Gasteiger partial charge in [0.05, 0.1) is 10.2 Å². The highest BCUT2D eigenvalue weighted by Gasteiger charge is 2.11. The molecule has 5 nitrogen and oxygen atoms in total. The molecule has 0 aliphatic rings. The number of hydrogen-bond donors (Lipinski definition) is 1. The molecule has 3 rings (SSSR count). The van der Waals surface area contributed by atoms with Gasteiger partial charge < -0.3 is 5.11 Å². The first-order valence-corrected chi connectivity index (χ1v) is 6.44. The maximum absolute atomic E-state index is 11.0. The minimum Gasteiger partial charge on any atom is -0.477 e. The summed E-state index contributed by atoms with van der Waals surface area (Å²) in [6.07, 6.45) is 1.66. The summed E-state index contributed by atoms with van der Waals surface area (Å²) in [6, 6.07) is 5.31. The van der Waals surface area contributed by atoms with Crippen LogP contribution in [0.5, 0.6) is 0 Å². The topological polar surface area (TPSA) is 76.0 Å². The zero-order valence-electron chi connectivity index (χ0n) is 9.99. The van der Waals surface area contributed by atoms with Gasteiger partial charge >= 0.3 is 5.97 Å². The van der Waals surface area contributed by atoms with Gasteiger partial charge in [-0.05, 0) is 30.5 Å². The van der Waals surface area contributed by atoms with Crippen LogP contribution in [0.25, 0.3) is 21.6 Å². The molecule has 0 aliphatic heterocycles. The zero-order chi connectivity index (χ0) is 13.4. The van der Waals surface area contributed by atoms with E-state index in [2.05, 4.69) is 15.0 Å². The van der Waals surface area contributed by atoms with Crippen molar-refractivity contribution in [2.24, 2.45) is 0 Å². The van der Waals surface area contributed by atoms with Gasteiger partial charge in [0, 0.05) is 17.5 Å². The smallest absolute Gasteiger partial charge is 0.354 e. The van der Waals surface area contributed by atoms with Crippen LogP contribution < -0.4 is 0 Å². The van der Waals surface area contributed by atoms with Crippen LogP contribution in [0.3, 0.4) is 0 Å². The molecule has 0 atom stereocenters. The first kappa shape index (κ1) is 11.7. The molecule has 6 heteroatoms. The standard InChI is InChI=1S/C13H9N3O2S/c1-7-4-10(13(17)18)16-12(15-7)8-5-11-9(14-6-8)2-3-19-11/h2-6H,1H3,(H,17,18). The summed E-state index contributed by atoms with van der Waals surface area (Å²) in [6.45, 7) is 1.74. The van der Waals surface area contributed by atoms with Crippen LogP contribution in [0.1, 0.15) is 16.2 Å². The molecule has 3 heterocycles. The van der Waals surface area contributed by atoms with E-state index in [1.807, 2.05) is 17.5 Å². The van der Waals surface area contributed by atoms with Crippen molar-refractivity contribution in [3.63, 3.8) is 0 Å². The number of hydrogen-bond acceptors (Lipinski definition) is 5. The maximum atomic E-state index is 11.0. The van der Waals surface area contributed by atoms with Crippen molar-refractivity contribution < 1.29 is 9.90 Å². The molecule has 0 radical (unpaired) electrons. The Kier molecular flexibility index (Phi) is 2.72. The highest BCUT2D eigenvalue weighted by atomic mass is 32.1. The van der Waals surface area contributed by atoms with Crippen LogP contribution in [0.4, 0.5) is 0 Å². The molecule has 3 aromatic rings. The van der Waals surface area contributed by atoms with E-state index >= 15 is 0 Å². The van der Waals surface area contributed by atoms with Crippen LogP contribution in [0, 0.1) is 6.92 Å². The molecule has 0 amide bonds. The number of aromatic carboxylic acids is 1. The highest BCUT2D eigenvalue weighted by molar-refractivity contribution is 7.17. The third kappa shape index (κ3) is 2.17. The van der Waals surface area contributed by atoms with Gasteiger partial charge in [0.25, 0.3) is 0 Å². The fourth-order valence-electron chi connectivity index (χ4n) is 1.78. The minimum absolute atomic E-state index is 0.00576. The largest absolute Gasteiger partial charge is 0.477 e. The van der Waals surface area contributed by atoms with E-state index in [0.29, 0.717) is 11.5 Å². The molecular weight excluding hydrogens is 262 g/mol. The number of thiophene rings is 1. The van der Waals surface area contributed by atoms with Crippen LogP contribution >= 0.6 is 11.3 Å². The summed E-state index contributed by atoms with van der Waals surface area (Å²) in [5.74, 6) is -0.669. The summed E-state index contributed by atoms with van der Waals surface area (Å²) < 4.78 is 1.03. The predicted octanol–water partition coefficient (Wildman–Crippen LogP) is 2.76. The van der Waals surface area contributed by atoms with Crippen molar-refractivity contribution in [1.29, 1.82) is 0 Å². The molecule has 1 N–H and O–H groups in total. The summed E-state index contributed by atoms with van der Waals surface area (Å²) >= 11 is 1.58. The Hall–Kier alpha value is -2.34. The number of pyridine rings is 1. The molecule has 0 fully saturated rings. The first-order valence-electron chi connectivity index (χ1n) is 5.56. The molecular formula is C13H9N3O2S. The van der Waals surface area contributed by atoms with E-state index in [1.54, 1.807) is 24.5 Å². The van der Waals surface area contributed by atoms with Crippen LogP contribution in [-0.4, -0.2) is 26.0 Å². The molecule has 19 heavy (non-hydrogen) atoms. The lowest BCUT2D eigenvalue weighted by Crippen LogP contribution is -2.04. The van der Waals surface area contributed by atoms with Crippen molar-refractivity contribution in [2.75, 3.05) is 0 Å². The zero-order valence-corrected chi connectivity index (χ0v) is 10.8. The number of carboxylic acids is 1. The molecule has 0 unspecified atom stereocenters. The van der Waals surface area contributed by atoms with Gasteiger partial charge in [-0.2, -0.15) is 0 Å². The second kappa shape index (κ2) is 4.40. The molecule has 3 aromatic heterocycles. The summed E-state index contributed by atoms with van der Waals surface area (Å²) in [7, 11) is 0. The average Bonchev–Trinajstić information content (AvgIpc) is 2.85. The van der Waals surface area contributed by atoms with E-state index in [9.17, 15) is 4.79 Å². The number of aromatic nitrogens is 3. The molecule has 0 spiro atoms. The van der Waals surface area contributed by atoms with Gasteiger partial charge in [-0.3, -0.25) is 4.98 Å². The monoisotopic (exact) mass is 271 g/mol.